The van der Waals surface area contributed by atoms with Crippen molar-refractivity contribution in [3.05, 3.63) is 49.2 Å². The molecule has 0 aromatic carbocycles. The summed E-state index contributed by atoms with van der Waals surface area (Å²) in [5.41, 5.74) is 1.63. The number of ether oxygens (including phenoxy) is 1. The Hall–Kier alpha value is -3.29. The lowest BCUT2D eigenvalue weighted by atomic mass is 10.2. The van der Waals surface area contributed by atoms with E-state index in [-0.39, 0.29) is 0 Å². The molecule has 0 aliphatic heterocycles. The number of anilines is 1. The van der Waals surface area contributed by atoms with Crippen molar-refractivity contribution in [2.45, 2.75) is 26.4 Å². The number of carbonyl (C=O) groups excluding carboxylic acids is 1. The molecule has 8 nitrogen and oxygen atoms in total. The summed E-state index contributed by atoms with van der Waals surface area (Å²) in [6, 6.07) is 5.56. The normalized spacial score (nSPS) is 11.2. The molecule has 8 heteroatoms. The maximum absolute atomic E-state index is 11.8. The minimum absolute atomic E-state index is 0.311. The van der Waals surface area contributed by atoms with Crippen LogP contribution < -0.4 is 5.32 Å². The molecular formula is C17H18N6O2. The molecule has 0 aliphatic rings. The van der Waals surface area contributed by atoms with Crippen LogP contribution in [0.5, 0.6) is 0 Å². The van der Waals surface area contributed by atoms with Crippen LogP contribution in [-0.4, -0.2) is 36.4 Å². The first-order valence-corrected chi connectivity index (χ1v) is 7.69. The molecule has 25 heavy (non-hydrogen) atoms. The first-order valence-electron chi connectivity index (χ1n) is 7.69. The van der Waals surface area contributed by atoms with Gasteiger partial charge >= 0.3 is 6.09 Å². The van der Waals surface area contributed by atoms with Crippen molar-refractivity contribution >= 4 is 11.9 Å². The molecule has 0 aliphatic carbocycles. The average molecular weight is 338 g/mol. The van der Waals surface area contributed by atoms with Crippen LogP contribution in [0.4, 0.5) is 10.6 Å². The molecule has 3 aromatic rings. The highest BCUT2D eigenvalue weighted by Crippen LogP contribution is 2.20. The number of aromatic nitrogens is 5. The Morgan fingerprint density at radius 3 is 2.60 bits per heavy atom. The summed E-state index contributed by atoms with van der Waals surface area (Å²) in [5, 5.41) is 6.84. The van der Waals surface area contributed by atoms with Gasteiger partial charge in [-0.25, -0.2) is 19.4 Å². The van der Waals surface area contributed by atoms with Gasteiger partial charge < -0.3 is 4.74 Å². The Labute approximate surface area is 144 Å². The van der Waals surface area contributed by atoms with Crippen molar-refractivity contribution in [2.24, 2.45) is 0 Å². The smallest absolute Gasteiger partial charge is 0.413 e. The second kappa shape index (κ2) is 6.68. The number of nitrogens with zero attached hydrogens (tertiary/aromatic N) is 5. The predicted molar refractivity (Wildman–Crippen MR) is 92.2 cm³/mol. The fourth-order valence-corrected chi connectivity index (χ4v) is 2.12. The molecule has 0 saturated carbocycles. The van der Waals surface area contributed by atoms with E-state index in [1.165, 1.54) is 6.20 Å². The maximum Gasteiger partial charge on any atom is 0.413 e. The van der Waals surface area contributed by atoms with Crippen molar-refractivity contribution in [1.29, 1.82) is 0 Å². The van der Waals surface area contributed by atoms with Gasteiger partial charge in [-0.3, -0.25) is 10.3 Å². The third-order valence-corrected chi connectivity index (χ3v) is 3.08. The lowest BCUT2D eigenvalue weighted by molar-refractivity contribution is 0.0635. The maximum atomic E-state index is 11.8. The van der Waals surface area contributed by atoms with Crippen molar-refractivity contribution < 1.29 is 9.53 Å². The molecular weight excluding hydrogens is 320 g/mol. The molecule has 0 unspecified atom stereocenters. The Morgan fingerprint density at radius 2 is 1.96 bits per heavy atom. The van der Waals surface area contributed by atoms with E-state index in [9.17, 15) is 4.79 Å². The predicted octanol–water partition coefficient (Wildman–Crippen LogP) is 3.07. The molecule has 0 atom stereocenters. The summed E-state index contributed by atoms with van der Waals surface area (Å²) < 4.78 is 6.90. The van der Waals surface area contributed by atoms with Crippen molar-refractivity contribution in [2.75, 3.05) is 5.32 Å². The van der Waals surface area contributed by atoms with Crippen LogP contribution >= 0.6 is 0 Å². The monoisotopic (exact) mass is 338 g/mol. The minimum Gasteiger partial charge on any atom is -0.444 e. The first-order chi connectivity index (χ1) is 11.9. The highest BCUT2D eigenvalue weighted by atomic mass is 16.6. The zero-order valence-corrected chi connectivity index (χ0v) is 14.2. The van der Waals surface area contributed by atoms with Gasteiger partial charge in [0.25, 0.3) is 0 Å². The molecule has 3 aromatic heterocycles. The Balaban J connectivity index is 1.78. The van der Waals surface area contributed by atoms with Crippen molar-refractivity contribution in [1.82, 2.24) is 24.7 Å². The van der Waals surface area contributed by atoms with Crippen LogP contribution in [0.2, 0.25) is 0 Å². The van der Waals surface area contributed by atoms with Gasteiger partial charge in [-0.1, -0.05) is 0 Å². The Kier molecular flexibility index (Phi) is 4.42. The summed E-state index contributed by atoms with van der Waals surface area (Å²) in [5.74, 6) is 0.311. The summed E-state index contributed by atoms with van der Waals surface area (Å²) in [6.07, 6.45) is 7.55. The van der Waals surface area contributed by atoms with Gasteiger partial charge in [0, 0.05) is 6.20 Å². The number of amides is 1. The molecule has 3 rings (SSSR count). The third kappa shape index (κ3) is 4.17. The second-order valence-electron chi connectivity index (χ2n) is 6.25. The van der Waals surface area contributed by atoms with E-state index in [0.29, 0.717) is 11.5 Å². The van der Waals surface area contributed by atoms with Gasteiger partial charge in [0.15, 0.2) is 5.82 Å². The Morgan fingerprint density at radius 1 is 1.12 bits per heavy atom. The molecule has 3 heterocycles. The molecule has 0 saturated heterocycles. The quantitative estimate of drug-likeness (QED) is 0.788. The van der Waals surface area contributed by atoms with E-state index in [0.717, 1.165) is 11.4 Å². The fraction of sp³-hybridized carbons (Fsp3) is 0.235. The first kappa shape index (κ1) is 16.6. The van der Waals surface area contributed by atoms with Crippen molar-refractivity contribution in [3.8, 4) is 17.1 Å². The van der Waals surface area contributed by atoms with Gasteiger partial charge in [-0.15, -0.1) is 0 Å². The number of rotatable bonds is 3. The van der Waals surface area contributed by atoms with Crippen LogP contribution in [0.15, 0.2) is 49.2 Å². The highest BCUT2D eigenvalue weighted by molar-refractivity contribution is 5.83. The third-order valence-electron chi connectivity index (χ3n) is 3.08. The standard InChI is InChI=1S/C17H18N6O2/c1-17(2,3)25-16(24)22-15-11-19-13(10-20-15)14-6-8-21-23(14)12-5-4-7-18-9-12/h4-11H,1-3H3,(H,20,22,24). The van der Waals surface area contributed by atoms with E-state index in [2.05, 4.69) is 25.4 Å². The molecule has 0 radical (unpaired) electrons. The lowest BCUT2D eigenvalue weighted by Gasteiger charge is -2.19. The van der Waals surface area contributed by atoms with Gasteiger partial charge in [0.05, 0.1) is 36.2 Å². The van der Waals surface area contributed by atoms with Gasteiger partial charge in [-0.2, -0.15) is 5.10 Å². The largest absolute Gasteiger partial charge is 0.444 e. The van der Waals surface area contributed by atoms with Crippen LogP contribution in [0.3, 0.4) is 0 Å². The van der Waals surface area contributed by atoms with Gasteiger partial charge in [-0.05, 0) is 39.0 Å². The van der Waals surface area contributed by atoms with E-state index < -0.39 is 11.7 Å². The zero-order valence-electron chi connectivity index (χ0n) is 14.2. The van der Waals surface area contributed by atoms with Crippen LogP contribution in [0, 0.1) is 0 Å². The second-order valence-corrected chi connectivity index (χ2v) is 6.25. The topological polar surface area (TPSA) is 94.8 Å². The van der Waals surface area contributed by atoms with Crippen LogP contribution in [0.1, 0.15) is 20.8 Å². The summed E-state index contributed by atoms with van der Waals surface area (Å²) in [4.78, 5) is 24.4. The zero-order chi connectivity index (χ0) is 17.9. The molecule has 128 valence electrons. The van der Waals surface area contributed by atoms with Gasteiger partial charge in [0.2, 0.25) is 0 Å². The molecule has 0 spiro atoms. The number of nitrogens with one attached hydrogen (secondary N) is 1. The van der Waals surface area contributed by atoms with E-state index in [4.69, 9.17) is 4.74 Å². The number of hydrogen-bond donors (Lipinski definition) is 1. The van der Waals surface area contributed by atoms with E-state index in [1.54, 1.807) is 50.2 Å². The van der Waals surface area contributed by atoms with E-state index in [1.807, 2.05) is 18.2 Å². The van der Waals surface area contributed by atoms with Crippen molar-refractivity contribution in [3.63, 3.8) is 0 Å². The summed E-state index contributed by atoms with van der Waals surface area (Å²) in [7, 11) is 0. The average Bonchev–Trinajstić information content (AvgIpc) is 3.04. The number of pyridine rings is 1. The highest BCUT2D eigenvalue weighted by Gasteiger charge is 2.17. The molecule has 1 N–H and O–H groups in total. The summed E-state index contributed by atoms with van der Waals surface area (Å²) >= 11 is 0. The minimum atomic E-state index is -0.576. The lowest BCUT2D eigenvalue weighted by Crippen LogP contribution is -2.27. The Bertz CT molecular complexity index is 853. The SMILES string of the molecule is CC(C)(C)OC(=O)Nc1cnc(-c2ccnn2-c2cccnc2)cn1. The van der Waals surface area contributed by atoms with Crippen LogP contribution in [-0.2, 0) is 4.74 Å². The summed E-state index contributed by atoms with van der Waals surface area (Å²) in [6.45, 7) is 5.38. The fourth-order valence-electron chi connectivity index (χ4n) is 2.12. The van der Waals surface area contributed by atoms with E-state index >= 15 is 0 Å². The molecule has 1 amide bonds. The van der Waals surface area contributed by atoms with Gasteiger partial charge in [0.1, 0.15) is 11.3 Å². The number of hydrogen-bond acceptors (Lipinski definition) is 6. The van der Waals surface area contributed by atoms with Crippen LogP contribution in [0.25, 0.3) is 17.1 Å². The molecule has 0 fully saturated rings. The number of carbonyl (C=O) groups is 1. The molecule has 0 bridgehead atoms.